The van der Waals surface area contributed by atoms with Crippen LogP contribution in [0.1, 0.15) is 77.3 Å². The van der Waals surface area contributed by atoms with Crippen LogP contribution >= 0.6 is 0 Å². The standard InChI is InChI=1S/C53H64N10O19.C2HF3O2/c1-27(2)46(60-49(71)38(21-30-11-14-33(64)15-12-30)57-43(65)22-31-23-45(68)82-42-25-34(81-5)16-17-35(31)42)51(73)55-28(3)47(69)59-39(26-44(66)67)48(70)56-29(4)52(74)61-20-8-10-40(61)50(72)58-37(53(75)76)9-6-7-19-54-36-18-13-32(62(77)78)24-41(36)63(79)80;3-2(4,5)1(6)7/h11-18,23-25,27-29,37-40,46,54,64H,6-10,19-22,26H2,1-5H3,(H,55,73)(H,56,70)(H,57,65)(H,58,72)(H,59,69)(H,60,71)(H,66,67)(H,75,76);(H,6,7)/t28-,29-,37-,38-,39-,40-,46-;/m0./s1. The Balaban J connectivity index is 0.00000227. The number of carboxylic acid groups (broad SMARTS) is 3. The maximum Gasteiger partial charge on any atom is 0.490 e. The number of halogens is 3. The van der Waals surface area contributed by atoms with Crippen LogP contribution in [0.4, 0.5) is 30.2 Å². The number of methoxy groups -OCH3 is 1. The van der Waals surface area contributed by atoms with Crippen LogP contribution in [-0.4, -0.2) is 163 Å². The number of rotatable bonds is 29. The molecule has 482 valence electrons. The molecule has 0 unspecified atom stereocenters. The second kappa shape index (κ2) is 32.3. The minimum absolute atomic E-state index is 0.00789. The number of nitrogens with zero attached hydrogens (tertiary/aromatic N) is 3. The van der Waals surface area contributed by atoms with Gasteiger partial charge in [-0.3, -0.25) is 58.6 Å². The number of ether oxygens (including phenoxy) is 1. The molecule has 34 heteroatoms. The van der Waals surface area contributed by atoms with Gasteiger partial charge in [0.05, 0.1) is 35.9 Å². The van der Waals surface area contributed by atoms with Gasteiger partial charge in [0.25, 0.3) is 11.4 Å². The van der Waals surface area contributed by atoms with Gasteiger partial charge in [0.2, 0.25) is 41.4 Å². The van der Waals surface area contributed by atoms with Gasteiger partial charge in [-0.15, -0.1) is 0 Å². The number of hydrogen-bond acceptors (Lipinski definition) is 19. The SMILES string of the molecule is COc1ccc2c(CC(=O)N[C@@H](Cc3ccc(O)cc3)C(=O)N[C@H](C(=O)N[C@@H](C)C(=O)N[C@@H](CC(=O)O)C(=O)N[C@@H](C)C(=O)N3CCC[C@H]3C(=O)N[C@@H](CCCCNc3ccc([N+](=O)[O-])cc3[N+](=O)[O-])C(=O)O)C(C)C)cc(=O)oc2c1.O=C(O)C(F)(F)F. The fraction of sp³-hybridized carbons (Fsp3) is 0.436. The lowest BCUT2D eigenvalue weighted by molar-refractivity contribution is -0.393. The molecule has 7 amide bonds. The van der Waals surface area contributed by atoms with Crippen LogP contribution in [0.25, 0.3) is 11.0 Å². The van der Waals surface area contributed by atoms with Crippen molar-refractivity contribution < 1.29 is 101 Å². The highest BCUT2D eigenvalue weighted by Gasteiger charge is 2.40. The average Bonchev–Trinajstić information content (AvgIpc) is 2.88. The number of hydrogen-bond donors (Lipinski definition) is 11. The number of anilines is 1. The summed E-state index contributed by atoms with van der Waals surface area (Å²) in [5.41, 5.74) is -0.810. The molecule has 5 rings (SSSR count). The number of amides is 7. The second-order valence-corrected chi connectivity index (χ2v) is 20.5. The van der Waals surface area contributed by atoms with Crippen molar-refractivity contribution >= 4 is 87.3 Å². The van der Waals surface area contributed by atoms with Gasteiger partial charge >= 0.3 is 29.7 Å². The van der Waals surface area contributed by atoms with Gasteiger partial charge in [0.15, 0.2) is 0 Å². The molecule has 3 aromatic carbocycles. The normalized spacial score (nSPS) is 14.8. The highest BCUT2D eigenvalue weighted by Crippen LogP contribution is 2.29. The van der Waals surface area contributed by atoms with Crippen molar-refractivity contribution in [3.8, 4) is 11.5 Å². The van der Waals surface area contributed by atoms with Crippen LogP contribution in [-0.2, 0) is 60.8 Å². The first-order chi connectivity index (χ1) is 41.7. The third kappa shape index (κ3) is 21.5. The topological polar surface area (TPSA) is 465 Å². The number of phenolic OH excluding ortho intramolecular Hbond substituents is 1. The molecular weight excluding hydrogens is 1190 g/mol. The summed E-state index contributed by atoms with van der Waals surface area (Å²) in [7, 11) is 1.43. The molecule has 0 radical (unpaired) electrons. The second-order valence-electron chi connectivity index (χ2n) is 20.5. The van der Waals surface area contributed by atoms with Crippen LogP contribution in [0.2, 0.25) is 0 Å². The Morgan fingerprint density at radius 2 is 1.39 bits per heavy atom. The number of likely N-dealkylation sites (tertiary alicyclic amines) is 1. The molecule has 1 fully saturated rings. The number of carbonyl (C=O) groups excluding carboxylic acids is 7. The molecule has 11 N–H and O–H groups in total. The van der Waals surface area contributed by atoms with E-state index in [1.54, 1.807) is 26.0 Å². The number of non-ortho nitro benzene ring substituents is 1. The molecule has 4 aromatic rings. The number of phenols is 1. The van der Waals surface area contributed by atoms with Crippen LogP contribution in [0.3, 0.4) is 0 Å². The lowest BCUT2D eigenvalue weighted by Gasteiger charge is -2.29. The van der Waals surface area contributed by atoms with E-state index in [-0.39, 0.29) is 74.2 Å². The number of nitro groups is 2. The first-order valence-electron chi connectivity index (χ1n) is 27.1. The number of benzene rings is 3. The minimum Gasteiger partial charge on any atom is -0.508 e. The van der Waals surface area contributed by atoms with E-state index in [4.69, 9.17) is 19.1 Å². The van der Waals surface area contributed by atoms with Crippen LogP contribution in [0.15, 0.2) is 75.9 Å². The van der Waals surface area contributed by atoms with Crippen LogP contribution < -0.4 is 47.6 Å². The molecule has 0 bridgehead atoms. The van der Waals surface area contributed by atoms with Gasteiger partial charge in [-0.25, -0.2) is 14.4 Å². The van der Waals surface area contributed by atoms with Crippen molar-refractivity contribution in [2.75, 3.05) is 25.5 Å². The van der Waals surface area contributed by atoms with Crippen molar-refractivity contribution in [3.63, 3.8) is 0 Å². The molecule has 0 spiro atoms. The van der Waals surface area contributed by atoms with Crippen molar-refractivity contribution in [1.29, 1.82) is 0 Å². The first kappa shape index (κ1) is 71.0. The lowest BCUT2D eigenvalue weighted by atomic mass is 10.00. The highest BCUT2D eigenvalue weighted by atomic mass is 19.4. The van der Waals surface area contributed by atoms with Crippen molar-refractivity contribution in [2.45, 2.75) is 128 Å². The molecule has 1 aliphatic heterocycles. The first-order valence-corrected chi connectivity index (χ1v) is 27.1. The zero-order valence-corrected chi connectivity index (χ0v) is 48.2. The van der Waals surface area contributed by atoms with Crippen molar-refractivity contribution in [1.82, 2.24) is 36.8 Å². The summed E-state index contributed by atoms with van der Waals surface area (Å²) in [4.78, 5) is 163. The Bertz CT molecular complexity index is 3360. The zero-order chi connectivity index (χ0) is 66.6. The fourth-order valence-electron chi connectivity index (χ4n) is 8.90. The molecule has 0 saturated carbocycles. The van der Waals surface area contributed by atoms with Gasteiger partial charge in [-0.05, 0) is 93.3 Å². The van der Waals surface area contributed by atoms with Gasteiger partial charge in [0, 0.05) is 43.1 Å². The number of aliphatic carboxylic acids is 3. The van der Waals surface area contributed by atoms with Gasteiger partial charge in [-0.2, -0.15) is 13.2 Å². The predicted octanol–water partition coefficient (Wildman–Crippen LogP) is 2.18. The number of alkyl halides is 3. The van der Waals surface area contributed by atoms with E-state index in [1.807, 2.05) is 0 Å². The summed E-state index contributed by atoms with van der Waals surface area (Å²) >= 11 is 0. The van der Waals surface area contributed by atoms with E-state index in [2.05, 4.69) is 37.2 Å². The predicted molar refractivity (Wildman–Crippen MR) is 303 cm³/mol. The summed E-state index contributed by atoms with van der Waals surface area (Å²) in [6.45, 7) is 5.77. The fourth-order valence-corrected chi connectivity index (χ4v) is 8.90. The largest absolute Gasteiger partial charge is 0.508 e. The number of nitrogens with one attached hydrogen (secondary N) is 7. The molecule has 0 aliphatic carbocycles. The Morgan fingerprint density at radius 1 is 0.753 bits per heavy atom. The number of nitro benzene ring substituents is 2. The molecule has 31 nitrogen and oxygen atoms in total. The van der Waals surface area contributed by atoms with E-state index in [0.717, 1.165) is 23.1 Å². The van der Waals surface area contributed by atoms with Gasteiger partial charge < -0.3 is 71.7 Å². The summed E-state index contributed by atoms with van der Waals surface area (Å²) in [6.07, 6.45) is -5.77. The smallest absolute Gasteiger partial charge is 0.490 e. The molecule has 7 atom stereocenters. The molecule has 1 saturated heterocycles. The Labute approximate surface area is 502 Å². The van der Waals surface area contributed by atoms with E-state index in [0.29, 0.717) is 23.1 Å². The summed E-state index contributed by atoms with van der Waals surface area (Å²) < 4.78 is 42.2. The van der Waals surface area contributed by atoms with Crippen LogP contribution in [0.5, 0.6) is 11.5 Å². The highest BCUT2D eigenvalue weighted by molar-refractivity contribution is 5.99. The van der Waals surface area contributed by atoms with E-state index >= 15 is 0 Å². The molecule has 2 heterocycles. The van der Waals surface area contributed by atoms with Gasteiger partial charge in [0.1, 0.15) is 65.1 Å². The lowest BCUT2D eigenvalue weighted by Crippen LogP contribution is -2.60. The quantitative estimate of drug-likeness (QED) is 0.0161. The third-order valence-electron chi connectivity index (χ3n) is 13.5. The minimum atomic E-state index is -5.08. The van der Waals surface area contributed by atoms with Crippen LogP contribution in [0, 0.1) is 26.1 Å². The maximum atomic E-state index is 14.1. The molecule has 1 aliphatic rings. The van der Waals surface area contributed by atoms with Crippen molar-refractivity contribution in [2.24, 2.45) is 5.92 Å². The number of unbranched alkanes of at least 4 members (excludes halogenated alkanes) is 1. The Morgan fingerprint density at radius 3 is 1.98 bits per heavy atom. The monoisotopic (exact) mass is 1260 g/mol. The Kier molecular flexibility index (Phi) is 25.8. The molecule has 1 aromatic heterocycles. The maximum absolute atomic E-state index is 14.1. The molecule has 89 heavy (non-hydrogen) atoms. The average molecular weight is 1260 g/mol. The summed E-state index contributed by atoms with van der Waals surface area (Å²) in [6, 6.07) is 4.69. The van der Waals surface area contributed by atoms with E-state index in [9.17, 15) is 96.7 Å². The van der Waals surface area contributed by atoms with Gasteiger partial charge in [-0.1, -0.05) is 26.0 Å². The third-order valence-corrected chi connectivity index (χ3v) is 13.5. The number of fused-ring (bicyclic) bond motifs is 1. The van der Waals surface area contributed by atoms with E-state index in [1.165, 1.54) is 57.4 Å². The van der Waals surface area contributed by atoms with E-state index < -0.39 is 147 Å². The number of carboxylic acids is 3. The molecular formula is C55H65F3N10O21. The number of carbonyl (C=O) groups is 10. The zero-order valence-electron chi connectivity index (χ0n) is 48.2. The number of aromatic hydroxyl groups is 1. The van der Waals surface area contributed by atoms with Crippen molar-refractivity contribution in [3.05, 3.63) is 109 Å². The summed E-state index contributed by atoms with van der Waals surface area (Å²) in [5, 5.41) is 77.1. The Hall–Kier alpha value is -10.4. The summed E-state index contributed by atoms with van der Waals surface area (Å²) in [5.74, 6) is -12.2.